The van der Waals surface area contributed by atoms with Crippen LogP contribution in [0.3, 0.4) is 0 Å². The molecule has 2 rings (SSSR count). The summed E-state index contributed by atoms with van der Waals surface area (Å²) in [6, 6.07) is 5.83. The number of carbonyl (C=O) groups excluding carboxylic acids is 1. The standard InChI is InChI=1S/C17H21BrN2O2S/c1-5-19-17-20(6-2)16(21)15(23-17)10-12-7-8-14(13(18)9-12)22-11(3)4/h7-11H,5-6H2,1-4H3/b15-10-,19-17?. The summed E-state index contributed by atoms with van der Waals surface area (Å²) in [5, 5.41) is 0.782. The molecular weight excluding hydrogens is 376 g/mol. The molecule has 0 bridgehead atoms. The molecule has 0 aliphatic carbocycles. The number of aliphatic imine (C=N–C) groups is 1. The molecule has 1 fully saturated rings. The number of amides is 1. The number of benzene rings is 1. The molecule has 1 amide bonds. The molecule has 0 radical (unpaired) electrons. The first-order valence-corrected chi connectivity index (χ1v) is 9.29. The van der Waals surface area contributed by atoms with E-state index in [2.05, 4.69) is 20.9 Å². The van der Waals surface area contributed by atoms with E-state index in [-0.39, 0.29) is 12.0 Å². The van der Waals surface area contributed by atoms with Crippen LogP contribution in [0.1, 0.15) is 33.3 Å². The third kappa shape index (κ3) is 4.38. The first-order chi connectivity index (χ1) is 11.0. The third-order valence-corrected chi connectivity index (χ3v) is 4.78. The zero-order chi connectivity index (χ0) is 17.0. The molecule has 23 heavy (non-hydrogen) atoms. The Hall–Kier alpha value is -1.27. The Labute approximate surface area is 150 Å². The number of hydrogen-bond acceptors (Lipinski definition) is 4. The number of hydrogen-bond donors (Lipinski definition) is 0. The first kappa shape index (κ1) is 18.1. The summed E-state index contributed by atoms with van der Waals surface area (Å²) in [6.45, 7) is 9.21. The van der Waals surface area contributed by atoms with Gasteiger partial charge < -0.3 is 4.74 Å². The van der Waals surface area contributed by atoms with Crippen LogP contribution in [-0.4, -0.2) is 35.2 Å². The van der Waals surface area contributed by atoms with Crippen molar-refractivity contribution in [2.75, 3.05) is 13.1 Å². The summed E-state index contributed by atoms with van der Waals surface area (Å²) < 4.78 is 6.59. The normalized spacial score (nSPS) is 18.5. The van der Waals surface area contributed by atoms with Gasteiger partial charge in [-0.3, -0.25) is 14.7 Å². The Morgan fingerprint density at radius 2 is 2.13 bits per heavy atom. The van der Waals surface area contributed by atoms with Crippen LogP contribution < -0.4 is 4.74 Å². The summed E-state index contributed by atoms with van der Waals surface area (Å²) in [6.07, 6.45) is 2.02. The highest BCUT2D eigenvalue weighted by atomic mass is 79.9. The molecule has 1 aliphatic rings. The van der Waals surface area contributed by atoms with Crippen LogP contribution in [0, 0.1) is 0 Å². The van der Waals surface area contributed by atoms with Crippen LogP contribution in [0.2, 0.25) is 0 Å². The molecule has 1 heterocycles. The highest BCUT2D eigenvalue weighted by Crippen LogP contribution is 2.34. The minimum absolute atomic E-state index is 0.0170. The maximum Gasteiger partial charge on any atom is 0.266 e. The highest BCUT2D eigenvalue weighted by molar-refractivity contribution is 9.10. The zero-order valence-electron chi connectivity index (χ0n) is 13.8. The minimum atomic E-state index is 0.0170. The van der Waals surface area contributed by atoms with Crippen LogP contribution in [0.25, 0.3) is 6.08 Å². The lowest BCUT2D eigenvalue weighted by molar-refractivity contribution is -0.122. The fraction of sp³-hybridized carbons (Fsp3) is 0.412. The number of carbonyl (C=O) groups is 1. The zero-order valence-corrected chi connectivity index (χ0v) is 16.2. The molecule has 0 aromatic heterocycles. The average molecular weight is 397 g/mol. The van der Waals surface area contributed by atoms with Crippen molar-refractivity contribution in [1.29, 1.82) is 0 Å². The Morgan fingerprint density at radius 1 is 1.39 bits per heavy atom. The molecule has 1 aromatic carbocycles. The van der Waals surface area contributed by atoms with Gasteiger partial charge in [-0.1, -0.05) is 6.07 Å². The highest BCUT2D eigenvalue weighted by Gasteiger charge is 2.31. The number of likely N-dealkylation sites (N-methyl/N-ethyl adjacent to an activating group) is 1. The maximum absolute atomic E-state index is 12.4. The molecule has 0 atom stereocenters. The second-order valence-corrected chi connectivity index (χ2v) is 7.14. The molecule has 6 heteroatoms. The predicted octanol–water partition coefficient (Wildman–Crippen LogP) is 4.55. The molecular formula is C17H21BrN2O2S. The van der Waals surface area contributed by atoms with Crippen molar-refractivity contribution in [3.8, 4) is 5.75 Å². The van der Waals surface area contributed by atoms with Gasteiger partial charge in [-0.05, 0) is 79.2 Å². The quantitative estimate of drug-likeness (QED) is 0.685. The van der Waals surface area contributed by atoms with E-state index in [0.717, 1.165) is 21.0 Å². The van der Waals surface area contributed by atoms with Crippen molar-refractivity contribution in [1.82, 2.24) is 4.90 Å². The Balaban J connectivity index is 2.26. The van der Waals surface area contributed by atoms with E-state index in [1.54, 1.807) is 4.90 Å². The van der Waals surface area contributed by atoms with E-state index >= 15 is 0 Å². The van der Waals surface area contributed by atoms with E-state index in [4.69, 9.17) is 4.74 Å². The van der Waals surface area contributed by atoms with Gasteiger partial charge in [0.25, 0.3) is 5.91 Å². The lowest BCUT2D eigenvalue weighted by Crippen LogP contribution is -2.28. The van der Waals surface area contributed by atoms with Gasteiger partial charge >= 0.3 is 0 Å². The molecule has 0 saturated carbocycles. The van der Waals surface area contributed by atoms with Crippen molar-refractivity contribution in [2.45, 2.75) is 33.8 Å². The van der Waals surface area contributed by atoms with Crippen LogP contribution in [0.4, 0.5) is 0 Å². The molecule has 1 saturated heterocycles. The van der Waals surface area contributed by atoms with Gasteiger partial charge in [0.05, 0.1) is 15.5 Å². The van der Waals surface area contributed by atoms with E-state index < -0.39 is 0 Å². The second-order valence-electron chi connectivity index (χ2n) is 5.27. The Bertz CT molecular complexity index is 656. The molecule has 4 nitrogen and oxygen atoms in total. The molecule has 0 spiro atoms. The smallest absolute Gasteiger partial charge is 0.266 e. The van der Waals surface area contributed by atoms with E-state index in [1.807, 2.05) is 52.0 Å². The van der Waals surface area contributed by atoms with Gasteiger partial charge in [0.2, 0.25) is 0 Å². The second kappa shape index (κ2) is 8.02. The fourth-order valence-electron chi connectivity index (χ4n) is 2.15. The molecule has 0 N–H and O–H groups in total. The summed E-state index contributed by atoms with van der Waals surface area (Å²) >= 11 is 4.95. The Morgan fingerprint density at radius 3 is 2.70 bits per heavy atom. The molecule has 124 valence electrons. The predicted molar refractivity (Wildman–Crippen MR) is 101 cm³/mol. The van der Waals surface area contributed by atoms with Gasteiger partial charge in [-0.15, -0.1) is 0 Å². The number of thioether (sulfide) groups is 1. The monoisotopic (exact) mass is 396 g/mol. The summed E-state index contributed by atoms with van der Waals surface area (Å²) in [5.74, 6) is 0.819. The minimum Gasteiger partial charge on any atom is -0.490 e. The largest absolute Gasteiger partial charge is 0.490 e. The average Bonchev–Trinajstić information content (AvgIpc) is 2.77. The lowest BCUT2D eigenvalue weighted by atomic mass is 10.2. The number of ether oxygens (including phenoxy) is 1. The number of nitrogens with zero attached hydrogens (tertiary/aromatic N) is 2. The van der Waals surface area contributed by atoms with Gasteiger partial charge in [-0.25, -0.2) is 0 Å². The van der Waals surface area contributed by atoms with Gasteiger partial charge in [0.1, 0.15) is 5.75 Å². The fourth-order valence-corrected chi connectivity index (χ4v) is 3.74. The number of rotatable bonds is 5. The molecule has 0 unspecified atom stereocenters. The van der Waals surface area contributed by atoms with Crippen LogP contribution >= 0.6 is 27.7 Å². The topological polar surface area (TPSA) is 41.9 Å². The Kier molecular flexibility index (Phi) is 6.30. The summed E-state index contributed by atoms with van der Waals surface area (Å²) in [4.78, 5) is 19.3. The summed E-state index contributed by atoms with van der Waals surface area (Å²) in [7, 11) is 0. The van der Waals surface area contributed by atoms with E-state index in [9.17, 15) is 4.79 Å². The van der Waals surface area contributed by atoms with Crippen LogP contribution in [0.5, 0.6) is 5.75 Å². The van der Waals surface area contributed by atoms with E-state index in [1.165, 1.54) is 11.8 Å². The SMILES string of the molecule is CCN=C1S/C(=C\c2ccc(OC(C)C)c(Br)c2)C(=O)N1CC. The van der Waals surface area contributed by atoms with Gasteiger partial charge in [-0.2, -0.15) is 0 Å². The van der Waals surface area contributed by atoms with E-state index in [0.29, 0.717) is 18.0 Å². The van der Waals surface area contributed by atoms with Gasteiger partial charge in [0, 0.05) is 13.1 Å². The van der Waals surface area contributed by atoms with Crippen molar-refractivity contribution in [3.63, 3.8) is 0 Å². The summed E-state index contributed by atoms with van der Waals surface area (Å²) in [5.41, 5.74) is 0.956. The molecule has 1 aliphatic heterocycles. The van der Waals surface area contributed by atoms with Gasteiger partial charge in [0.15, 0.2) is 5.17 Å². The molecule has 1 aromatic rings. The number of halogens is 1. The van der Waals surface area contributed by atoms with Crippen molar-refractivity contribution in [2.24, 2.45) is 4.99 Å². The first-order valence-electron chi connectivity index (χ1n) is 7.68. The number of amidine groups is 1. The van der Waals surface area contributed by atoms with Crippen molar-refractivity contribution < 1.29 is 9.53 Å². The van der Waals surface area contributed by atoms with Crippen molar-refractivity contribution >= 4 is 44.8 Å². The maximum atomic E-state index is 12.4. The van der Waals surface area contributed by atoms with Crippen LogP contribution in [-0.2, 0) is 4.79 Å². The lowest BCUT2D eigenvalue weighted by Gasteiger charge is -2.12. The van der Waals surface area contributed by atoms with Crippen molar-refractivity contribution in [3.05, 3.63) is 33.1 Å². The van der Waals surface area contributed by atoms with Crippen LogP contribution in [0.15, 0.2) is 32.6 Å². The third-order valence-electron chi connectivity index (χ3n) is 3.11.